The van der Waals surface area contributed by atoms with Gasteiger partial charge in [0.1, 0.15) is 0 Å². The zero-order chi connectivity index (χ0) is 16.7. The quantitative estimate of drug-likeness (QED) is 0.893. The second-order valence-corrected chi connectivity index (χ2v) is 7.69. The first-order valence-electron chi connectivity index (χ1n) is 8.21. The largest absolute Gasteiger partial charge is 0.350 e. The lowest BCUT2D eigenvalue weighted by Gasteiger charge is -2.51. The average molecular weight is 335 g/mol. The number of amides is 2. The molecule has 1 aromatic carbocycles. The topological polar surface area (TPSA) is 58.2 Å². The van der Waals surface area contributed by atoms with E-state index < -0.39 is 5.41 Å². The van der Waals surface area contributed by atoms with Crippen LogP contribution in [0, 0.1) is 0 Å². The molecule has 5 heteroatoms. The Balaban J connectivity index is 1.75. The van der Waals surface area contributed by atoms with Crippen LogP contribution in [0.4, 0.5) is 0 Å². The van der Waals surface area contributed by atoms with Gasteiger partial charge in [0.25, 0.3) is 0 Å². The lowest BCUT2D eigenvalue weighted by atomic mass is 9.68. The summed E-state index contributed by atoms with van der Waals surface area (Å²) in [6.07, 6.45) is 4.20. The molecule has 1 saturated carbocycles. The molecule has 23 heavy (non-hydrogen) atoms. The highest BCUT2D eigenvalue weighted by molar-refractivity contribution is 6.30. The van der Waals surface area contributed by atoms with Gasteiger partial charge in [-0.1, -0.05) is 23.7 Å². The SMILES string of the molecule is CC(C)(C(=O)NC1CCC(=O)NC12CCC2)c1ccc(Cl)cc1. The molecular formula is C18H23ClN2O2. The summed E-state index contributed by atoms with van der Waals surface area (Å²) in [5.74, 6) is 0.0967. The second kappa shape index (κ2) is 5.82. The highest BCUT2D eigenvalue weighted by atomic mass is 35.5. The molecule has 1 unspecified atom stereocenters. The highest BCUT2D eigenvalue weighted by Crippen LogP contribution is 2.39. The van der Waals surface area contributed by atoms with Crippen molar-refractivity contribution in [3.05, 3.63) is 34.9 Å². The van der Waals surface area contributed by atoms with Crippen molar-refractivity contribution in [1.82, 2.24) is 10.6 Å². The lowest BCUT2D eigenvalue weighted by Crippen LogP contribution is -2.69. The first-order chi connectivity index (χ1) is 10.8. The standard InChI is InChI=1S/C18H23ClN2O2/c1-17(2,12-4-6-13(19)7-5-12)16(23)20-14-8-9-15(22)21-18(14)10-3-11-18/h4-7,14H,3,8-11H2,1-2H3,(H,20,23)(H,21,22). The maximum absolute atomic E-state index is 12.9. The zero-order valence-corrected chi connectivity index (χ0v) is 14.4. The Kier molecular flexibility index (Phi) is 4.13. The molecule has 2 N–H and O–H groups in total. The van der Waals surface area contributed by atoms with E-state index in [1.54, 1.807) is 12.1 Å². The number of carbonyl (C=O) groups is 2. The van der Waals surface area contributed by atoms with Crippen molar-refractivity contribution < 1.29 is 9.59 Å². The monoisotopic (exact) mass is 334 g/mol. The van der Waals surface area contributed by atoms with E-state index in [2.05, 4.69) is 10.6 Å². The molecule has 124 valence electrons. The van der Waals surface area contributed by atoms with Gasteiger partial charge in [-0.15, -0.1) is 0 Å². The summed E-state index contributed by atoms with van der Waals surface area (Å²) in [6.45, 7) is 3.83. The first kappa shape index (κ1) is 16.3. The molecule has 3 rings (SSSR count). The van der Waals surface area contributed by atoms with E-state index >= 15 is 0 Å². The van der Waals surface area contributed by atoms with Gasteiger partial charge in [0.15, 0.2) is 0 Å². The van der Waals surface area contributed by atoms with Crippen LogP contribution in [0.15, 0.2) is 24.3 Å². The number of piperidine rings is 1. The minimum absolute atomic E-state index is 0.00718. The van der Waals surface area contributed by atoms with Gasteiger partial charge in [0, 0.05) is 11.4 Å². The predicted molar refractivity (Wildman–Crippen MR) is 90.4 cm³/mol. The Morgan fingerprint density at radius 2 is 1.96 bits per heavy atom. The third-order valence-corrected chi connectivity index (χ3v) is 5.65. The Morgan fingerprint density at radius 3 is 2.52 bits per heavy atom. The van der Waals surface area contributed by atoms with E-state index in [4.69, 9.17) is 11.6 Å². The Bertz CT molecular complexity index is 620. The van der Waals surface area contributed by atoms with E-state index in [0.717, 1.165) is 24.8 Å². The maximum Gasteiger partial charge on any atom is 0.230 e. The molecule has 0 bridgehead atoms. The summed E-state index contributed by atoms with van der Waals surface area (Å²) in [5, 5.41) is 6.97. The van der Waals surface area contributed by atoms with Crippen LogP contribution in [0.3, 0.4) is 0 Å². The van der Waals surface area contributed by atoms with Crippen LogP contribution in [0.1, 0.15) is 51.5 Å². The number of rotatable bonds is 3. The molecule has 2 amide bonds. The van der Waals surface area contributed by atoms with Crippen molar-refractivity contribution in [2.24, 2.45) is 0 Å². The Hall–Kier alpha value is -1.55. The van der Waals surface area contributed by atoms with Crippen LogP contribution in [-0.4, -0.2) is 23.4 Å². The van der Waals surface area contributed by atoms with Gasteiger partial charge >= 0.3 is 0 Å². The summed E-state index contributed by atoms with van der Waals surface area (Å²) in [5.41, 5.74) is 0.0693. The van der Waals surface area contributed by atoms with Gasteiger partial charge in [-0.25, -0.2) is 0 Å². The Morgan fingerprint density at radius 1 is 1.30 bits per heavy atom. The molecule has 1 saturated heterocycles. The zero-order valence-electron chi connectivity index (χ0n) is 13.6. The highest BCUT2D eigenvalue weighted by Gasteiger charge is 2.49. The number of carbonyl (C=O) groups excluding carboxylic acids is 2. The number of halogens is 1. The van der Waals surface area contributed by atoms with E-state index in [9.17, 15) is 9.59 Å². The van der Waals surface area contributed by atoms with Crippen molar-refractivity contribution in [1.29, 1.82) is 0 Å². The van der Waals surface area contributed by atoms with Gasteiger partial charge in [0.2, 0.25) is 11.8 Å². The van der Waals surface area contributed by atoms with Crippen molar-refractivity contribution in [3.8, 4) is 0 Å². The fourth-order valence-corrected chi connectivity index (χ4v) is 3.68. The van der Waals surface area contributed by atoms with E-state index in [-0.39, 0.29) is 23.4 Å². The average Bonchev–Trinajstić information content (AvgIpc) is 2.47. The van der Waals surface area contributed by atoms with Crippen LogP contribution in [-0.2, 0) is 15.0 Å². The lowest BCUT2D eigenvalue weighted by molar-refractivity contribution is -0.133. The van der Waals surface area contributed by atoms with Crippen LogP contribution >= 0.6 is 11.6 Å². The summed E-state index contributed by atoms with van der Waals surface area (Å²) >= 11 is 5.93. The van der Waals surface area contributed by atoms with Crippen LogP contribution in [0.5, 0.6) is 0 Å². The van der Waals surface area contributed by atoms with Crippen molar-refractivity contribution in [2.75, 3.05) is 0 Å². The summed E-state index contributed by atoms with van der Waals surface area (Å²) in [4.78, 5) is 24.6. The first-order valence-corrected chi connectivity index (χ1v) is 8.59. The van der Waals surface area contributed by atoms with E-state index in [0.29, 0.717) is 17.9 Å². The fourth-order valence-electron chi connectivity index (χ4n) is 3.56. The van der Waals surface area contributed by atoms with Crippen LogP contribution in [0.25, 0.3) is 0 Å². The van der Waals surface area contributed by atoms with Gasteiger partial charge in [-0.2, -0.15) is 0 Å². The molecule has 1 aliphatic heterocycles. The normalized spacial score (nSPS) is 23.1. The third kappa shape index (κ3) is 2.97. The molecule has 1 aliphatic carbocycles. The number of hydrogen-bond donors (Lipinski definition) is 2. The summed E-state index contributed by atoms with van der Waals surface area (Å²) < 4.78 is 0. The number of benzene rings is 1. The van der Waals surface area contributed by atoms with Crippen molar-refractivity contribution in [3.63, 3.8) is 0 Å². The second-order valence-electron chi connectivity index (χ2n) is 7.25. The molecule has 2 aliphatic rings. The van der Waals surface area contributed by atoms with Crippen LogP contribution in [0.2, 0.25) is 5.02 Å². The number of nitrogens with one attached hydrogen (secondary N) is 2. The summed E-state index contributed by atoms with van der Waals surface area (Å²) in [7, 11) is 0. The molecule has 1 aromatic rings. The molecule has 1 spiro atoms. The maximum atomic E-state index is 12.9. The predicted octanol–water partition coefficient (Wildman–Crippen LogP) is 2.94. The number of hydrogen-bond acceptors (Lipinski definition) is 2. The summed E-state index contributed by atoms with van der Waals surface area (Å²) in [6, 6.07) is 7.42. The van der Waals surface area contributed by atoms with Crippen molar-refractivity contribution in [2.45, 2.75) is 62.9 Å². The van der Waals surface area contributed by atoms with Gasteiger partial charge < -0.3 is 10.6 Å². The third-order valence-electron chi connectivity index (χ3n) is 5.40. The van der Waals surface area contributed by atoms with E-state index in [1.165, 1.54) is 0 Å². The smallest absolute Gasteiger partial charge is 0.230 e. The van der Waals surface area contributed by atoms with Gasteiger partial charge in [-0.05, 0) is 57.2 Å². The van der Waals surface area contributed by atoms with Gasteiger partial charge in [0.05, 0.1) is 17.0 Å². The molecule has 0 radical (unpaired) electrons. The molecule has 1 heterocycles. The van der Waals surface area contributed by atoms with Crippen molar-refractivity contribution >= 4 is 23.4 Å². The molecule has 2 fully saturated rings. The molecule has 0 aromatic heterocycles. The minimum Gasteiger partial charge on any atom is -0.350 e. The minimum atomic E-state index is -0.642. The molecular weight excluding hydrogens is 312 g/mol. The fraction of sp³-hybridized carbons (Fsp3) is 0.556. The molecule has 4 nitrogen and oxygen atoms in total. The Labute approximate surface area is 142 Å². The van der Waals surface area contributed by atoms with E-state index in [1.807, 2.05) is 26.0 Å². The molecule has 1 atom stereocenters. The van der Waals surface area contributed by atoms with Gasteiger partial charge in [-0.3, -0.25) is 9.59 Å². The van der Waals surface area contributed by atoms with Crippen LogP contribution < -0.4 is 10.6 Å².